The van der Waals surface area contributed by atoms with Crippen LogP contribution in [0.15, 0.2) is 23.8 Å². The van der Waals surface area contributed by atoms with Crippen molar-refractivity contribution >= 4 is 11.6 Å². The van der Waals surface area contributed by atoms with Crippen molar-refractivity contribution in [2.24, 2.45) is 29.1 Å². The van der Waals surface area contributed by atoms with E-state index in [1.54, 1.807) is 0 Å². The highest BCUT2D eigenvalue weighted by atomic mass is 16.1. The molecule has 3 fully saturated rings. The van der Waals surface area contributed by atoms with Crippen LogP contribution in [0.2, 0.25) is 0 Å². The number of hydrogen-bond acceptors (Lipinski definition) is 2. The molecular formula is C20H26O2. The maximum absolute atomic E-state index is 12.6. The predicted molar refractivity (Wildman–Crippen MR) is 86.2 cm³/mol. The first-order valence-electron chi connectivity index (χ1n) is 9.01. The summed E-state index contributed by atoms with van der Waals surface area (Å²) in [5.41, 5.74) is 2.60. The molecule has 0 aromatic rings. The van der Waals surface area contributed by atoms with Gasteiger partial charge in [-0.25, -0.2) is 0 Å². The molecule has 0 aromatic heterocycles. The molecule has 0 aliphatic heterocycles. The summed E-state index contributed by atoms with van der Waals surface area (Å²) in [6.07, 6.45) is 9.61. The van der Waals surface area contributed by atoms with Crippen LogP contribution in [0.3, 0.4) is 0 Å². The lowest BCUT2D eigenvalue weighted by Crippen LogP contribution is -2.48. The molecule has 22 heavy (non-hydrogen) atoms. The van der Waals surface area contributed by atoms with E-state index in [0.717, 1.165) is 44.9 Å². The summed E-state index contributed by atoms with van der Waals surface area (Å²) in [6.45, 7) is 6.62. The smallest absolute Gasteiger partial charge is 0.155 e. The Balaban J connectivity index is 1.72. The fourth-order valence-electron chi connectivity index (χ4n) is 6.37. The Labute approximate surface area is 133 Å². The number of ketones is 2. The van der Waals surface area contributed by atoms with Crippen LogP contribution in [-0.4, -0.2) is 11.6 Å². The average molecular weight is 298 g/mol. The Bertz CT molecular complexity index is 585. The van der Waals surface area contributed by atoms with Crippen molar-refractivity contribution in [2.45, 2.75) is 58.3 Å². The SMILES string of the molecule is C=C1CC2(CC)C(=O)CC[C@H]2[C@@H]2CCC3=CC(=O)CC[C@@H]3[C@@H]12. The Kier molecular flexibility index (Phi) is 3.22. The minimum atomic E-state index is -0.0933. The number of allylic oxidation sites excluding steroid dienone is 2. The fourth-order valence-corrected chi connectivity index (χ4v) is 6.37. The van der Waals surface area contributed by atoms with E-state index < -0.39 is 0 Å². The molecule has 3 saturated carbocycles. The van der Waals surface area contributed by atoms with E-state index in [-0.39, 0.29) is 5.41 Å². The molecule has 0 aromatic carbocycles. The van der Waals surface area contributed by atoms with Crippen molar-refractivity contribution < 1.29 is 9.59 Å². The van der Waals surface area contributed by atoms with Gasteiger partial charge in [0.05, 0.1) is 0 Å². The summed E-state index contributed by atoms with van der Waals surface area (Å²) in [6, 6.07) is 0. The highest BCUT2D eigenvalue weighted by molar-refractivity contribution is 5.91. The van der Waals surface area contributed by atoms with E-state index in [0.29, 0.717) is 41.7 Å². The Morgan fingerprint density at radius 1 is 1.18 bits per heavy atom. The van der Waals surface area contributed by atoms with Gasteiger partial charge in [-0.1, -0.05) is 24.6 Å². The minimum Gasteiger partial charge on any atom is -0.299 e. The lowest BCUT2D eigenvalue weighted by atomic mass is 9.50. The lowest BCUT2D eigenvalue weighted by Gasteiger charge is -2.53. The first-order valence-corrected chi connectivity index (χ1v) is 9.01. The van der Waals surface area contributed by atoms with Gasteiger partial charge >= 0.3 is 0 Å². The summed E-state index contributed by atoms with van der Waals surface area (Å²) in [4.78, 5) is 24.3. The van der Waals surface area contributed by atoms with Crippen LogP contribution < -0.4 is 0 Å². The molecular weight excluding hydrogens is 272 g/mol. The van der Waals surface area contributed by atoms with Crippen molar-refractivity contribution in [3.8, 4) is 0 Å². The predicted octanol–water partition coefficient (Wildman–Crippen LogP) is 4.25. The second-order valence-corrected chi connectivity index (χ2v) is 7.97. The molecule has 1 unspecified atom stereocenters. The summed E-state index contributed by atoms with van der Waals surface area (Å²) in [7, 11) is 0. The van der Waals surface area contributed by atoms with E-state index in [9.17, 15) is 9.59 Å². The maximum Gasteiger partial charge on any atom is 0.155 e. The van der Waals surface area contributed by atoms with Gasteiger partial charge in [0.1, 0.15) is 5.78 Å². The van der Waals surface area contributed by atoms with E-state index in [1.165, 1.54) is 11.1 Å². The van der Waals surface area contributed by atoms with Gasteiger partial charge < -0.3 is 0 Å². The minimum absolute atomic E-state index is 0.0933. The maximum atomic E-state index is 12.6. The van der Waals surface area contributed by atoms with E-state index >= 15 is 0 Å². The van der Waals surface area contributed by atoms with Gasteiger partial charge in [0.15, 0.2) is 5.78 Å². The standard InChI is InChI=1S/C20H26O2/c1-3-20-11-12(2)19-15-7-5-14(21)10-13(15)4-6-16(19)17(20)8-9-18(20)22/h10,15-17,19H,2-9,11H2,1H3/t15-,16-,17-,19+,20?/m0/s1. The zero-order valence-corrected chi connectivity index (χ0v) is 13.6. The highest BCUT2D eigenvalue weighted by Crippen LogP contribution is 2.63. The van der Waals surface area contributed by atoms with E-state index in [1.807, 2.05) is 6.08 Å². The van der Waals surface area contributed by atoms with Crippen LogP contribution in [0.5, 0.6) is 0 Å². The number of hydrogen-bond donors (Lipinski definition) is 0. The van der Waals surface area contributed by atoms with Crippen LogP contribution in [-0.2, 0) is 9.59 Å². The molecule has 5 atom stereocenters. The number of Topliss-reactive ketones (excluding diaryl/α,β-unsaturated/α-hetero) is 1. The zero-order valence-electron chi connectivity index (χ0n) is 13.6. The molecule has 2 nitrogen and oxygen atoms in total. The van der Waals surface area contributed by atoms with Gasteiger partial charge in [-0.15, -0.1) is 0 Å². The van der Waals surface area contributed by atoms with Gasteiger partial charge in [0.25, 0.3) is 0 Å². The molecule has 0 heterocycles. The Morgan fingerprint density at radius 2 is 2.00 bits per heavy atom. The molecule has 118 valence electrons. The third kappa shape index (κ3) is 1.79. The number of rotatable bonds is 1. The summed E-state index contributed by atoms with van der Waals surface area (Å²) >= 11 is 0. The number of fused-ring (bicyclic) bond motifs is 5. The quantitative estimate of drug-likeness (QED) is 0.678. The van der Waals surface area contributed by atoms with Gasteiger partial charge in [0.2, 0.25) is 0 Å². The molecule has 0 N–H and O–H groups in total. The lowest BCUT2D eigenvalue weighted by molar-refractivity contribution is -0.130. The number of carbonyl (C=O) groups is 2. The largest absolute Gasteiger partial charge is 0.299 e. The summed E-state index contributed by atoms with van der Waals surface area (Å²) < 4.78 is 0. The second kappa shape index (κ2) is 4.91. The monoisotopic (exact) mass is 298 g/mol. The Hall–Kier alpha value is -1.18. The van der Waals surface area contributed by atoms with Crippen molar-refractivity contribution in [2.75, 3.05) is 0 Å². The van der Waals surface area contributed by atoms with E-state index in [4.69, 9.17) is 0 Å². The first kappa shape index (κ1) is 14.4. The molecule has 4 aliphatic carbocycles. The normalized spacial score (nSPS) is 44.2. The zero-order chi connectivity index (χ0) is 15.5. The van der Waals surface area contributed by atoms with Crippen molar-refractivity contribution in [1.82, 2.24) is 0 Å². The fraction of sp³-hybridized carbons (Fsp3) is 0.700. The molecule has 4 aliphatic rings. The second-order valence-electron chi connectivity index (χ2n) is 7.97. The average Bonchev–Trinajstić information content (AvgIpc) is 2.84. The molecule has 0 radical (unpaired) electrons. The Morgan fingerprint density at radius 3 is 2.77 bits per heavy atom. The van der Waals surface area contributed by atoms with Crippen molar-refractivity contribution in [1.29, 1.82) is 0 Å². The molecule has 0 spiro atoms. The van der Waals surface area contributed by atoms with Crippen LogP contribution in [0.4, 0.5) is 0 Å². The molecule has 0 amide bonds. The van der Waals surface area contributed by atoms with Crippen LogP contribution in [0, 0.1) is 29.1 Å². The molecule has 0 bridgehead atoms. The third-order valence-electron chi connectivity index (χ3n) is 7.29. The van der Waals surface area contributed by atoms with Crippen molar-refractivity contribution in [3.05, 3.63) is 23.8 Å². The first-order chi connectivity index (χ1) is 10.6. The van der Waals surface area contributed by atoms with Crippen LogP contribution in [0.1, 0.15) is 58.3 Å². The van der Waals surface area contributed by atoms with Gasteiger partial charge in [0, 0.05) is 18.3 Å². The third-order valence-corrected chi connectivity index (χ3v) is 7.29. The van der Waals surface area contributed by atoms with Crippen molar-refractivity contribution in [3.63, 3.8) is 0 Å². The van der Waals surface area contributed by atoms with Gasteiger partial charge in [-0.05, 0) is 68.3 Å². The van der Waals surface area contributed by atoms with Crippen LogP contribution in [0.25, 0.3) is 0 Å². The number of carbonyl (C=O) groups excluding carboxylic acids is 2. The molecule has 0 saturated heterocycles. The van der Waals surface area contributed by atoms with Crippen LogP contribution >= 0.6 is 0 Å². The van der Waals surface area contributed by atoms with E-state index in [2.05, 4.69) is 13.5 Å². The topological polar surface area (TPSA) is 34.1 Å². The van der Waals surface area contributed by atoms with Gasteiger partial charge in [-0.3, -0.25) is 9.59 Å². The molecule has 2 heteroatoms. The molecule has 4 rings (SSSR count). The van der Waals surface area contributed by atoms with Gasteiger partial charge in [-0.2, -0.15) is 0 Å². The highest BCUT2D eigenvalue weighted by Gasteiger charge is 2.58. The summed E-state index contributed by atoms with van der Waals surface area (Å²) in [5.74, 6) is 3.07. The summed E-state index contributed by atoms with van der Waals surface area (Å²) in [5, 5.41) is 0.